The average molecular weight is 171 g/mol. The molecule has 2 nitrogen and oxygen atoms in total. The lowest BCUT2D eigenvalue weighted by molar-refractivity contribution is 0.0720. The first-order valence-electron chi connectivity index (χ1n) is 5.10. The lowest BCUT2D eigenvalue weighted by Crippen LogP contribution is -2.30. The van der Waals surface area contributed by atoms with Crippen molar-refractivity contribution in [1.29, 1.82) is 0 Å². The van der Waals surface area contributed by atoms with Crippen LogP contribution in [0.2, 0.25) is 0 Å². The van der Waals surface area contributed by atoms with Gasteiger partial charge in [-0.1, -0.05) is 6.92 Å². The fourth-order valence-electron chi connectivity index (χ4n) is 1.92. The molecule has 0 amide bonds. The van der Waals surface area contributed by atoms with E-state index in [-0.39, 0.29) is 0 Å². The van der Waals surface area contributed by atoms with Gasteiger partial charge in [0.05, 0.1) is 6.10 Å². The highest BCUT2D eigenvalue weighted by molar-refractivity contribution is 4.71. The van der Waals surface area contributed by atoms with Crippen LogP contribution in [0.15, 0.2) is 0 Å². The standard InChI is InChI=1S/C10H21NO/c1-3-10(12-2)8-9-4-6-11-7-5-9/h9-11H,3-8H2,1-2H3. The number of hydrogen-bond acceptors (Lipinski definition) is 2. The van der Waals surface area contributed by atoms with Crippen molar-refractivity contribution in [2.24, 2.45) is 5.92 Å². The van der Waals surface area contributed by atoms with E-state index in [2.05, 4.69) is 12.2 Å². The van der Waals surface area contributed by atoms with Gasteiger partial charge in [0.1, 0.15) is 0 Å². The lowest BCUT2D eigenvalue weighted by Gasteiger charge is -2.25. The van der Waals surface area contributed by atoms with E-state index < -0.39 is 0 Å². The Morgan fingerprint density at radius 2 is 2.08 bits per heavy atom. The van der Waals surface area contributed by atoms with E-state index in [1.54, 1.807) is 0 Å². The zero-order valence-electron chi connectivity index (χ0n) is 8.31. The average Bonchev–Trinajstić information content (AvgIpc) is 2.16. The SMILES string of the molecule is CCC(CC1CCNCC1)OC. The highest BCUT2D eigenvalue weighted by Gasteiger charge is 2.16. The smallest absolute Gasteiger partial charge is 0.0571 e. The Balaban J connectivity index is 2.18. The summed E-state index contributed by atoms with van der Waals surface area (Å²) in [4.78, 5) is 0. The minimum Gasteiger partial charge on any atom is -0.381 e. The minimum absolute atomic E-state index is 0.494. The number of hydrogen-bond donors (Lipinski definition) is 1. The number of methoxy groups -OCH3 is 1. The first-order valence-corrected chi connectivity index (χ1v) is 5.10. The molecule has 1 unspecified atom stereocenters. The molecule has 0 aromatic carbocycles. The van der Waals surface area contributed by atoms with Crippen LogP contribution in [0, 0.1) is 5.92 Å². The fraction of sp³-hybridized carbons (Fsp3) is 1.00. The van der Waals surface area contributed by atoms with Crippen LogP contribution in [0.3, 0.4) is 0 Å². The Labute approximate surface area is 75.7 Å². The minimum atomic E-state index is 0.494. The summed E-state index contributed by atoms with van der Waals surface area (Å²) in [5.74, 6) is 0.899. The second-order valence-electron chi connectivity index (χ2n) is 3.70. The maximum absolute atomic E-state index is 5.38. The second kappa shape index (κ2) is 5.55. The van der Waals surface area contributed by atoms with Crippen LogP contribution < -0.4 is 5.32 Å². The summed E-state index contributed by atoms with van der Waals surface area (Å²) in [7, 11) is 1.83. The van der Waals surface area contributed by atoms with Crippen molar-refractivity contribution in [1.82, 2.24) is 5.32 Å². The Morgan fingerprint density at radius 1 is 1.42 bits per heavy atom. The van der Waals surface area contributed by atoms with E-state index in [0.717, 1.165) is 12.3 Å². The molecule has 12 heavy (non-hydrogen) atoms. The number of piperidine rings is 1. The van der Waals surface area contributed by atoms with Crippen molar-refractivity contribution < 1.29 is 4.74 Å². The van der Waals surface area contributed by atoms with E-state index in [4.69, 9.17) is 4.74 Å². The molecule has 1 heterocycles. The summed E-state index contributed by atoms with van der Waals surface area (Å²) < 4.78 is 5.38. The van der Waals surface area contributed by atoms with Crippen LogP contribution in [0.4, 0.5) is 0 Å². The first-order chi connectivity index (χ1) is 5.86. The van der Waals surface area contributed by atoms with Crippen molar-refractivity contribution in [3.63, 3.8) is 0 Å². The topological polar surface area (TPSA) is 21.3 Å². The van der Waals surface area contributed by atoms with Gasteiger partial charge in [-0.05, 0) is 44.7 Å². The van der Waals surface area contributed by atoms with Gasteiger partial charge < -0.3 is 10.1 Å². The van der Waals surface area contributed by atoms with Crippen molar-refractivity contribution >= 4 is 0 Å². The summed E-state index contributed by atoms with van der Waals surface area (Å²) >= 11 is 0. The van der Waals surface area contributed by atoms with E-state index in [1.807, 2.05) is 7.11 Å². The van der Waals surface area contributed by atoms with E-state index >= 15 is 0 Å². The Hall–Kier alpha value is -0.0800. The van der Waals surface area contributed by atoms with Crippen molar-refractivity contribution in [2.45, 2.75) is 38.7 Å². The molecule has 2 heteroatoms. The molecule has 1 N–H and O–H groups in total. The molecule has 72 valence electrons. The van der Waals surface area contributed by atoms with Crippen molar-refractivity contribution in [3.05, 3.63) is 0 Å². The molecule has 0 radical (unpaired) electrons. The Kier molecular flexibility index (Phi) is 4.62. The maximum atomic E-state index is 5.38. The first kappa shape index (κ1) is 10.0. The van der Waals surface area contributed by atoms with Crippen molar-refractivity contribution in [3.8, 4) is 0 Å². The van der Waals surface area contributed by atoms with Gasteiger partial charge in [-0.25, -0.2) is 0 Å². The van der Waals surface area contributed by atoms with E-state index in [0.29, 0.717) is 6.10 Å². The maximum Gasteiger partial charge on any atom is 0.0571 e. The normalized spacial score (nSPS) is 22.5. The summed E-state index contributed by atoms with van der Waals surface area (Å²) in [6.45, 7) is 4.60. The van der Waals surface area contributed by atoms with Crippen LogP contribution in [0.1, 0.15) is 32.6 Å². The molecule has 1 aliphatic rings. The van der Waals surface area contributed by atoms with Gasteiger partial charge in [0, 0.05) is 7.11 Å². The molecule has 0 bridgehead atoms. The van der Waals surface area contributed by atoms with Crippen LogP contribution in [-0.4, -0.2) is 26.3 Å². The lowest BCUT2D eigenvalue weighted by atomic mass is 9.91. The fourth-order valence-corrected chi connectivity index (χ4v) is 1.92. The molecule has 0 spiro atoms. The Bertz CT molecular complexity index is 106. The molecule has 0 aliphatic carbocycles. The third-order valence-electron chi connectivity index (χ3n) is 2.84. The van der Waals surface area contributed by atoms with Crippen LogP contribution in [0.5, 0.6) is 0 Å². The van der Waals surface area contributed by atoms with Gasteiger partial charge in [0.2, 0.25) is 0 Å². The van der Waals surface area contributed by atoms with Crippen LogP contribution >= 0.6 is 0 Å². The molecule has 1 saturated heterocycles. The molecule has 1 rings (SSSR count). The quantitative estimate of drug-likeness (QED) is 0.696. The highest BCUT2D eigenvalue weighted by Crippen LogP contribution is 2.20. The van der Waals surface area contributed by atoms with Gasteiger partial charge in [-0.2, -0.15) is 0 Å². The molecule has 1 fully saturated rings. The number of nitrogens with one attached hydrogen (secondary N) is 1. The van der Waals surface area contributed by atoms with E-state index in [9.17, 15) is 0 Å². The van der Waals surface area contributed by atoms with Gasteiger partial charge in [0.25, 0.3) is 0 Å². The summed E-state index contributed by atoms with van der Waals surface area (Å²) in [5, 5.41) is 3.38. The second-order valence-corrected chi connectivity index (χ2v) is 3.70. The van der Waals surface area contributed by atoms with Crippen molar-refractivity contribution in [2.75, 3.05) is 20.2 Å². The summed E-state index contributed by atoms with van der Waals surface area (Å²) in [6.07, 6.45) is 5.57. The Morgan fingerprint density at radius 3 is 2.58 bits per heavy atom. The molecule has 1 atom stereocenters. The van der Waals surface area contributed by atoms with Crippen LogP contribution in [-0.2, 0) is 4.74 Å². The van der Waals surface area contributed by atoms with Gasteiger partial charge >= 0.3 is 0 Å². The molecule has 0 saturated carbocycles. The number of ether oxygens (including phenoxy) is 1. The molecule has 1 aliphatic heterocycles. The predicted octanol–water partition coefficient (Wildman–Crippen LogP) is 1.80. The third kappa shape index (κ3) is 3.11. The monoisotopic (exact) mass is 171 g/mol. The highest BCUT2D eigenvalue weighted by atomic mass is 16.5. The summed E-state index contributed by atoms with van der Waals surface area (Å²) in [5.41, 5.74) is 0. The summed E-state index contributed by atoms with van der Waals surface area (Å²) in [6, 6.07) is 0. The van der Waals surface area contributed by atoms with Crippen LogP contribution in [0.25, 0.3) is 0 Å². The third-order valence-corrected chi connectivity index (χ3v) is 2.84. The molecular formula is C10H21NO. The van der Waals surface area contributed by atoms with Gasteiger partial charge in [-0.15, -0.1) is 0 Å². The van der Waals surface area contributed by atoms with Gasteiger partial charge in [0.15, 0.2) is 0 Å². The number of rotatable bonds is 4. The molecular weight excluding hydrogens is 150 g/mol. The zero-order valence-corrected chi connectivity index (χ0v) is 8.31. The van der Waals surface area contributed by atoms with Gasteiger partial charge in [-0.3, -0.25) is 0 Å². The molecule has 0 aromatic rings. The molecule has 0 aromatic heterocycles. The predicted molar refractivity (Wildman–Crippen MR) is 51.3 cm³/mol. The largest absolute Gasteiger partial charge is 0.381 e. The van der Waals surface area contributed by atoms with E-state index in [1.165, 1.54) is 32.4 Å². The zero-order chi connectivity index (χ0) is 8.81.